The summed E-state index contributed by atoms with van der Waals surface area (Å²) < 4.78 is 16.8. The summed E-state index contributed by atoms with van der Waals surface area (Å²) in [6.07, 6.45) is 5.75. The second kappa shape index (κ2) is 25.9. The number of carbonyl (C=O) groups excluding carboxylic acids is 1. The third-order valence-electron chi connectivity index (χ3n) is 7.28. The van der Waals surface area contributed by atoms with Crippen LogP contribution in [0.5, 0.6) is 17.2 Å². The highest BCUT2D eigenvalue weighted by molar-refractivity contribution is 5.95. The lowest BCUT2D eigenvalue weighted by molar-refractivity contribution is 0.0750. The predicted molar refractivity (Wildman–Crippen MR) is 207 cm³/mol. The highest BCUT2D eigenvalue weighted by Gasteiger charge is 2.23. The summed E-state index contributed by atoms with van der Waals surface area (Å²) in [5.41, 5.74) is 3.98. The van der Waals surface area contributed by atoms with Gasteiger partial charge in [0.1, 0.15) is 5.75 Å². The molecule has 3 rings (SSSR count). The van der Waals surface area contributed by atoms with Gasteiger partial charge in [0.2, 0.25) is 0 Å². The molecule has 0 aliphatic rings. The van der Waals surface area contributed by atoms with Gasteiger partial charge in [-0.1, -0.05) is 84.9 Å². The highest BCUT2D eigenvalue weighted by Crippen LogP contribution is 2.36. The first-order chi connectivity index (χ1) is 23.4. The van der Waals surface area contributed by atoms with Gasteiger partial charge in [0.15, 0.2) is 11.5 Å². The third kappa shape index (κ3) is 13.5. The molecule has 268 valence electrons. The Morgan fingerprint density at radius 3 is 2.04 bits per heavy atom. The molecule has 48 heavy (non-hydrogen) atoms. The Kier molecular flexibility index (Phi) is 23.7. The van der Waals surface area contributed by atoms with Crippen LogP contribution in [-0.4, -0.2) is 57.8 Å². The normalized spacial score (nSPS) is 10.6. The first-order valence-electron chi connectivity index (χ1n) is 17.8. The van der Waals surface area contributed by atoms with Crippen molar-refractivity contribution in [1.29, 1.82) is 0 Å². The standard InChI is InChI=1S/C35H47N3O4.3C2H6/c1-8-21-36(5)31-18-17-30(40-6)25-32(31)38(26-28-14-12-11-13-15-28)27(4)20-23-37(22-9-2)35(39)29-16-19-33(42-10-3)34(24-29)41-7;3*1-2/h8,11-19,21,24-25,27H,9-10,20,22-23,26H2,1-7H3;3*1-2H3/b21-8-;;;. The van der Waals surface area contributed by atoms with Crippen LogP contribution in [0.3, 0.4) is 0 Å². The molecule has 0 saturated heterocycles. The average Bonchev–Trinajstić information content (AvgIpc) is 3.15. The number of amides is 1. The van der Waals surface area contributed by atoms with E-state index in [4.69, 9.17) is 14.2 Å². The van der Waals surface area contributed by atoms with Crippen LogP contribution >= 0.6 is 0 Å². The average molecular weight is 664 g/mol. The lowest BCUT2D eigenvalue weighted by Crippen LogP contribution is -2.39. The molecule has 1 unspecified atom stereocenters. The van der Waals surface area contributed by atoms with Gasteiger partial charge in [-0.3, -0.25) is 4.79 Å². The van der Waals surface area contributed by atoms with Gasteiger partial charge in [-0.25, -0.2) is 0 Å². The second-order valence-electron chi connectivity index (χ2n) is 10.3. The van der Waals surface area contributed by atoms with Crippen LogP contribution in [0.25, 0.3) is 0 Å². The van der Waals surface area contributed by atoms with Gasteiger partial charge in [-0.2, -0.15) is 0 Å². The summed E-state index contributed by atoms with van der Waals surface area (Å²) in [7, 11) is 5.35. The van der Waals surface area contributed by atoms with Crippen molar-refractivity contribution in [3.63, 3.8) is 0 Å². The number of ether oxygens (including phenoxy) is 3. The fourth-order valence-corrected chi connectivity index (χ4v) is 5.06. The van der Waals surface area contributed by atoms with Crippen LogP contribution < -0.4 is 24.0 Å². The maximum atomic E-state index is 13.7. The predicted octanol–water partition coefficient (Wildman–Crippen LogP) is 10.5. The van der Waals surface area contributed by atoms with Crippen molar-refractivity contribution in [1.82, 2.24) is 4.90 Å². The van der Waals surface area contributed by atoms with Crippen molar-refractivity contribution >= 4 is 17.3 Å². The zero-order valence-electron chi connectivity index (χ0n) is 32.3. The van der Waals surface area contributed by atoms with Gasteiger partial charge < -0.3 is 28.9 Å². The van der Waals surface area contributed by atoms with Gasteiger partial charge in [-0.15, -0.1) is 0 Å². The van der Waals surface area contributed by atoms with E-state index in [9.17, 15) is 4.79 Å². The van der Waals surface area contributed by atoms with Crippen molar-refractivity contribution in [2.45, 2.75) is 94.7 Å². The van der Waals surface area contributed by atoms with Crippen molar-refractivity contribution in [2.75, 3.05) is 50.8 Å². The molecular formula is C41H65N3O4. The van der Waals surface area contributed by atoms with E-state index in [1.807, 2.05) is 90.6 Å². The lowest BCUT2D eigenvalue weighted by Gasteiger charge is -2.36. The number of hydrogen-bond donors (Lipinski definition) is 0. The van der Waals surface area contributed by atoms with Gasteiger partial charge in [0.05, 0.1) is 32.2 Å². The summed E-state index contributed by atoms with van der Waals surface area (Å²) in [6.45, 7) is 22.8. The summed E-state index contributed by atoms with van der Waals surface area (Å²) in [5, 5.41) is 0. The number of benzene rings is 3. The molecule has 0 heterocycles. The minimum atomic E-state index is -0.00473. The Balaban J connectivity index is 0.00000348. The topological polar surface area (TPSA) is 54.5 Å². The fourth-order valence-electron chi connectivity index (χ4n) is 5.06. The molecule has 0 fully saturated rings. The molecular weight excluding hydrogens is 598 g/mol. The molecule has 0 N–H and O–H groups in total. The van der Waals surface area contributed by atoms with Crippen LogP contribution in [-0.2, 0) is 6.54 Å². The Bertz CT molecular complexity index is 1300. The molecule has 1 atom stereocenters. The van der Waals surface area contributed by atoms with E-state index in [2.05, 4.69) is 73.3 Å². The Morgan fingerprint density at radius 2 is 1.48 bits per heavy atom. The molecule has 7 heteroatoms. The molecule has 0 spiro atoms. The number of carbonyl (C=O) groups is 1. The lowest BCUT2D eigenvalue weighted by atomic mass is 10.1. The Morgan fingerprint density at radius 1 is 0.812 bits per heavy atom. The van der Waals surface area contributed by atoms with Crippen LogP contribution in [0.1, 0.15) is 98.0 Å². The minimum Gasteiger partial charge on any atom is -0.497 e. The number of rotatable bonds is 16. The van der Waals surface area contributed by atoms with Gasteiger partial charge in [0.25, 0.3) is 5.91 Å². The van der Waals surface area contributed by atoms with Crippen LogP contribution in [0.15, 0.2) is 79.0 Å². The zero-order valence-corrected chi connectivity index (χ0v) is 32.3. The van der Waals surface area contributed by atoms with Gasteiger partial charge in [-0.05, 0) is 75.7 Å². The molecule has 0 saturated carbocycles. The minimum absolute atomic E-state index is 0.00473. The van der Waals surface area contributed by atoms with Crippen molar-refractivity contribution in [3.05, 3.63) is 90.1 Å². The maximum Gasteiger partial charge on any atom is 0.253 e. The van der Waals surface area contributed by atoms with E-state index in [-0.39, 0.29) is 11.9 Å². The van der Waals surface area contributed by atoms with Crippen LogP contribution in [0.2, 0.25) is 0 Å². The molecule has 0 aromatic heterocycles. The van der Waals surface area contributed by atoms with Gasteiger partial charge in [0, 0.05) is 44.4 Å². The van der Waals surface area contributed by atoms with Crippen molar-refractivity contribution < 1.29 is 19.0 Å². The number of anilines is 2. The third-order valence-corrected chi connectivity index (χ3v) is 7.28. The Labute approximate surface area is 293 Å². The van der Waals surface area contributed by atoms with E-state index in [1.54, 1.807) is 20.3 Å². The number of allylic oxidation sites excluding steroid dienone is 1. The maximum absolute atomic E-state index is 13.7. The first-order valence-corrected chi connectivity index (χ1v) is 17.8. The number of methoxy groups -OCH3 is 2. The quantitative estimate of drug-likeness (QED) is 0.152. The molecule has 7 nitrogen and oxygen atoms in total. The summed E-state index contributed by atoms with van der Waals surface area (Å²) >= 11 is 0. The fraction of sp³-hybridized carbons (Fsp3) is 0.488. The van der Waals surface area contributed by atoms with E-state index in [0.717, 1.165) is 36.5 Å². The molecule has 0 aliphatic carbocycles. The van der Waals surface area contributed by atoms with E-state index >= 15 is 0 Å². The second-order valence-corrected chi connectivity index (χ2v) is 10.3. The van der Waals surface area contributed by atoms with E-state index in [0.29, 0.717) is 36.8 Å². The molecule has 0 bridgehead atoms. The van der Waals surface area contributed by atoms with Gasteiger partial charge >= 0.3 is 0 Å². The number of hydrogen-bond acceptors (Lipinski definition) is 6. The van der Waals surface area contributed by atoms with Crippen LogP contribution in [0.4, 0.5) is 11.4 Å². The number of nitrogens with zero attached hydrogens (tertiary/aromatic N) is 3. The first kappa shape index (κ1) is 43.9. The van der Waals surface area contributed by atoms with Crippen molar-refractivity contribution in [3.8, 4) is 17.2 Å². The summed E-state index contributed by atoms with van der Waals surface area (Å²) in [4.78, 5) is 20.2. The smallest absolute Gasteiger partial charge is 0.253 e. The molecule has 3 aromatic carbocycles. The zero-order chi connectivity index (χ0) is 36.5. The van der Waals surface area contributed by atoms with E-state index < -0.39 is 0 Å². The van der Waals surface area contributed by atoms with Crippen LogP contribution in [0, 0.1) is 0 Å². The summed E-state index contributed by atoms with van der Waals surface area (Å²) in [5.74, 6) is 2.01. The van der Waals surface area contributed by atoms with Crippen molar-refractivity contribution in [2.24, 2.45) is 0 Å². The molecule has 0 radical (unpaired) electrons. The SMILES string of the molecule is C/C=C\N(C)c1ccc(OC)cc1N(Cc1ccccc1)C(C)CCN(CCC)C(=O)c1ccc(OCC)c(OC)c1.CC.CC.CC. The largest absolute Gasteiger partial charge is 0.497 e. The molecule has 1 amide bonds. The highest BCUT2D eigenvalue weighted by atomic mass is 16.5. The Hall–Kier alpha value is -4.13. The summed E-state index contributed by atoms with van der Waals surface area (Å²) in [6, 6.07) is 22.2. The molecule has 0 aliphatic heterocycles. The monoisotopic (exact) mass is 663 g/mol. The van der Waals surface area contributed by atoms with E-state index in [1.165, 1.54) is 5.56 Å². The molecule has 3 aromatic rings.